The highest BCUT2D eigenvalue weighted by molar-refractivity contribution is 8.00. The number of oxazole rings is 1. The molecule has 250 valence electrons. The van der Waals surface area contributed by atoms with Crippen LogP contribution < -0.4 is 25.4 Å². The first kappa shape index (κ1) is 33.6. The Morgan fingerprint density at radius 2 is 1.48 bits per heavy atom. The minimum atomic E-state index is -0.541. The molecule has 0 bridgehead atoms. The number of benzene rings is 5. The summed E-state index contributed by atoms with van der Waals surface area (Å²) in [7, 11) is 3.06. The van der Waals surface area contributed by atoms with E-state index in [-0.39, 0.29) is 17.4 Å². The molecule has 1 heterocycles. The second-order valence-corrected chi connectivity index (χ2v) is 11.9. The smallest absolute Gasteiger partial charge is 0.272 e. The Hall–Kier alpha value is -6.33. The van der Waals surface area contributed by atoms with E-state index in [2.05, 4.69) is 20.9 Å². The number of thioether (sulfide) groups is 1. The Morgan fingerprint density at radius 1 is 0.780 bits per heavy atom. The van der Waals surface area contributed by atoms with Crippen LogP contribution in [0.4, 0.5) is 11.4 Å². The van der Waals surface area contributed by atoms with E-state index in [1.54, 1.807) is 84.9 Å². The lowest BCUT2D eigenvalue weighted by atomic mass is 10.1. The summed E-state index contributed by atoms with van der Waals surface area (Å²) in [6.45, 7) is 0. The zero-order chi connectivity index (χ0) is 34.9. The zero-order valence-corrected chi connectivity index (χ0v) is 28.0. The fourth-order valence-corrected chi connectivity index (χ4v) is 5.62. The van der Waals surface area contributed by atoms with Gasteiger partial charge in [-0.1, -0.05) is 30.3 Å². The number of rotatable bonds is 12. The molecule has 0 atom stereocenters. The van der Waals surface area contributed by atoms with Crippen molar-refractivity contribution < 1.29 is 28.3 Å². The summed E-state index contributed by atoms with van der Waals surface area (Å²) >= 11 is 1.36. The number of aromatic nitrogens is 1. The summed E-state index contributed by atoms with van der Waals surface area (Å²) in [5.74, 6) is 0.590. The fourth-order valence-electron chi connectivity index (χ4n) is 4.92. The van der Waals surface area contributed by atoms with Crippen LogP contribution in [0.3, 0.4) is 0 Å². The summed E-state index contributed by atoms with van der Waals surface area (Å²) in [5.41, 5.74) is 4.40. The van der Waals surface area contributed by atoms with Crippen LogP contribution in [0.15, 0.2) is 136 Å². The van der Waals surface area contributed by atoms with Crippen molar-refractivity contribution in [2.75, 3.05) is 30.6 Å². The SMILES string of the molecule is COc1ccc(OC)c(/C=C(\NC(=O)c2ccccc2)C(=O)Nc2ccc(SCC(=O)Nc3ccc(-c4nc5ccccc5o4)cc3)cc2)c1. The highest BCUT2D eigenvalue weighted by Gasteiger charge is 2.17. The van der Waals surface area contributed by atoms with Crippen molar-refractivity contribution in [3.05, 3.63) is 138 Å². The van der Waals surface area contributed by atoms with Gasteiger partial charge >= 0.3 is 0 Å². The van der Waals surface area contributed by atoms with E-state index in [9.17, 15) is 14.4 Å². The molecule has 3 N–H and O–H groups in total. The maximum absolute atomic E-state index is 13.5. The summed E-state index contributed by atoms with van der Waals surface area (Å²) in [6, 6.07) is 35.7. The lowest BCUT2D eigenvalue weighted by Gasteiger charge is -2.13. The van der Waals surface area contributed by atoms with Crippen LogP contribution in [0.25, 0.3) is 28.6 Å². The van der Waals surface area contributed by atoms with Gasteiger partial charge in [-0.05, 0) is 97.1 Å². The molecule has 5 aromatic carbocycles. The summed E-state index contributed by atoms with van der Waals surface area (Å²) in [5, 5.41) is 8.47. The fraction of sp³-hybridized carbons (Fsp3) is 0.0769. The van der Waals surface area contributed by atoms with Crippen molar-refractivity contribution in [2.24, 2.45) is 0 Å². The molecule has 0 spiro atoms. The number of hydrogen-bond acceptors (Lipinski definition) is 8. The topological polar surface area (TPSA) is 132 Å². The van der Waals surface area contributed by atoms with Gasteiger partial charge in [0.05, 0.1) is 20.0 Å². The van der Waals surface area contributed by atoms with Gasteiger partial charge in [-0.15, -0.1) is 11.8 Å². The van der Waals surface area contributed by atoms with E-state index in [1.807, 2.05) is 36.4 Å². The lowest BCUT2D eigenvalue weighted by Crippen LogP contribution is -2.30. The molecular weight excluding hydrogens is 653 g/mol. The Morgan fingerprint density at radius 3 is 2.20 bits per heavy atom. The highest BCUT2D eigenvalue weighted by Crippen LogP contribution is 2.28. The van der Waals surface area contributed by atoms with Gasteiger partial charge in [-0.3, -0.25) is 14.4 Å². The standard InChI is InChI=1S/C39H32N4O6S/c1-47-30-18-21-34(48-2)27(22-30)23-33(42-37(45)25-8-4-3-5-9-25)38(46)41-29-16-19-31(20-17-29)50-24-36(44)40-28-14-12-26(13-15-28)39-43-32-10-6-7-11-35(32)49-39/h3-23H,24H2,1-2H3,(H,40,44)(H,41,46)(H,42,45)/b33-23-. The number of carbonyl (C=O) groups excluding carboxylic acids is 3. The van der Waals surface area contributed by atoms with E-state index in [0.717, 1.165) is 16.0 Å². The number of anilines is 2. The number of carbonyl (C=O) groups is 3. The number of para-hydroxylation sites is 2. The van der Waals surface area contributed by atoms with Gasteiger partial charge in [-0.2, -0.15) is 0 Å². The Kier molecular flexibility index (Phi) is 10.5. The van der Waals surface area contributed by atoms with Crippen molar-refractivity contribution in [2.45, 2.75) is 4.90 Å². The predicted molar refractivity (Wildman–Crippen MR) is 195 cm³/mol. The molecule has 0 fully saturated rings. The number of methoxy groups -OCH3 is 2. The third-order valence-corrected chi connectivity index (χ3v) is 8.47. The second kappa shape index (κ2) is 15.7. The maximum atomic E-state index is 13.5. The molecular formula is C39H32N4O6S. The number of fused-ring (bicyclic) bond motifs is 1. The molecule has 50 heavy (non-hydrogen) atoms. The largest absolute Gasteiger partial charge is 0.497 e. The third kappa shape index (κ3) is 8.38. The summed E-state index contributed by atoms with van der Waals surface area (Å²) in [4.78, 5) is 44.6. The summed E-state index contributed by atoms with van der Waals surface area (Å²) in [6.07, 6.45) is 1.53. The van der Waals surface area contributed by atoms with Crippen LogP contribution in [0.5, 0.6) is 11.5 Å². The first-order valence-corrected chi connectivity index (χ1v) is 16.5. The molecule has 0 radical (unpaired) electrons. The van der Waals surface area contributed by atoms with Crippen LogP contribution in [0.2, 0.25) is 0 Å². The quantitative estimate of drug-likeness (QED) is 0.0885. The first-order chi connectivity index (χ1) is 24.4. The average molecular weight is 685 g/mol. The van der Waals surface area contributed by atoms with Crippen molar-refractivity contribution in [1.29, 1.82) is 0 Å². The molecule has 10 nitrogen and oxygen atoms in total. The number of ether oxygens (including phenoxy) is 2. The maximum Gasteiger partial charge on any atom is 0.272 e. The third-order valence-electron chi connectivity index (χ3n) is 7.46. The average Bonchev–Trinajstić information content (AvgIpc) is 3.59. The highest BCUT2D eigenvalue weighted by atomic mass is 32.2. The van der Waals surface area contributed by atoms with E-state index >= 15 is 0 Å². The molecule has 0 saturated heterocycles. The number of hydrogen-bond donors (Lipinski definition) is 3. The Balaban J connectivity index is 1.07. The van der Waals surface area contributed by atoms with E-state index in [0.29, 0.717) is 45.5 Å². The molecule has 3 amide bonds. The number of nitrogens with zero attached hydrogens (tertiary/aromatic N) is 1. The normalized spacial score (nSPS) is 11.1. The zero-order valence-electron chi connectivity index (χ0n) is 27.1. The van der Waals surface area contributed by atoms with Crippen molar-refractivity contribution in [1.82, 2.24) is 10.3 Å². The monoisotopic (exact) mass is 684 g/mol. The van der Waals surface area contributed by atoms with Gasteiger partial charge in [0.25, 0.3) is 11.8 Å². The first-order valence-electron chi connectivity index (χ1n) is 15.5. The Bertz CT molecular complexity index is 2130. The molecule has 0 aliphatic heterocycles. The predicted octanol–water partition coefficient (Wildman–Crippen LogP) is 7.65. The molecule has 0 aliphatic rings. The van der Waals surface area contributed by atoms with Crippen LogP contribution in [0.1, 0.15) is 15.9 Å². The molecule has 6 rings (SSSR count). The van der Waals surface area contributed by atoms with Gasteiger partial charge in [0.2, 0.25) is 11.8 Å². The minimum absolute atomic E-state index is 0.00223. The van der Waals surface area contributed by atoms with Gasteiger partial charge in [0.15, 0.2) is 5.58 Å². The molecule has 0 saturated carbocycles. The van der Waals surface area contributed by atoms with Gasteiger partial charge < -0.3 is 29.8 Å². The molecule has 1 aromatic heterocycles. The van der Waals surface area contributed by atoms with Gasteiger partial charge in [-0.25, -0.2) is 4.98 Å². The number of amides is 3. The summed E-state index contributed by atoms with van der Waals surface area (Å²) < 4.78 is 16.6. The van der Waals surface area contributed by atoms with Crippen molar-refractivity contribution in [3.8, 4) is 23.0 Å². The van der Waals surface area contributed by atoms with Crippen molar-refractivity contribution in [3.63, 3.8) is 0 Å². The lowest BCUT2D eigenvalue weighted by molar-refractivity contribution is -0.114. The molecule has 0 unspecified atom stereocenters. The molecule has 0 aliphatic carbocycles. The van der Waals surface area contributed by atoms with E-state index < -0.39 is 11.8 Å². The van der Waals surface area contributed by atoms with Crippen LogP contribution in [0, 0.1) is 0 Å². The van der Waals surface area contributed by atoms with Crippen LogP contribution >= 0.6 is 11.8 Å². The van der Waals surface area contributed by atoms with E-state index in [1.165, 1.54) is 32.1 Å². The van der Waals surface area contributed by atoms with Crippen LogP contribution in [-0.2, 0) is 9.59 Å². The van der Waals surface area contributed by atoms with Gasteiger partial charge in [0.1, 0.15) is 22.7 Å². The molecule has 6 aromatic rings. The Labute approximate surface area is 292 Å². The second-order valence-electron chi connectivity index (χ2n) is 10.9. The number of nitrogens with one attached hydrogen (secondary N) is 3. The van der Waals surface area contributed by atoms with Gasteiger partial charge in [0, 0.05) is 33.0 Å². The van der Waals surface area contributed by atoms with Crippen LogP contribution in [-0.4, -0.2) is 42.7 Å². The van der Waals surface area contributed by atoms with Crippen molar-refractivity contribution >= 4 is 58.0 Å². The van der Waals surface area contributed by atoms with E-state index in [4.69, 9.17) is 13.9 Å². The molecule has 11 heteroatoms. The minimum Gasteiger partial charge on any atom is -0.497 e.